The molecular weight excluding hydrogens is 342 g/mol. The number of amides is 1. The Bertz CT molecular complexity index is 605. The molecule has 0 bridgehead atoms. The Morgan fingerprint density at radius 2 is 2.12 bits per heavy atom. The van der Waals surface area contributed by atoms with Crippen LogP contribution in [-0.4, -0.2) is 53.1 Å². The summed E-state index contributed by atoms with van der Waals surface area (Å²) < 4.78 is 0. The Balaban J connectivity index is 1.70. The lowest BCUT2D eigenvalue weighted by molar-refractivity contribution is -0.139. The molecule has 1 saturated carbocycles. The minimum atomic E-state index is -0.788. The highest BCUT2D eigenvalue weighted by molar-refractivity contribution is 6.30. The fourth-order valence-corrected chi connectivity index (χ4v) is 3.40. The van der Waals surface area contributed by atoms with Crippen LogP contribution in [0.15, 0.2) is 24.3 Å². The average molecular weight is 368 g/mol. The predicted octanol–water partition coefficient (Wildman–Crippen LogP) is 2.58. The number of anilines is 1. The Kier molecular flexibility index (Phi) is 7.23. The molecular formula is C18H26ClN3O3. The molecule has 0 aromatic heterocycles. The maximum Gasteiger partial charge on any atom is 0.317 e. The van der Waals surface area contributed by atoms with E-state index in [9.17, 15) is 9.59 Å². The van der Waals surface area contributed by atoms with Gasteiger partial charge in [-0.3, -0.25) is 14.5 Å². The van der Waals surface area contributed by atoms with Crippen molar-refractivity contribution in [2.24, 2.45) is 0 Å². The van der Waals surface area contributed by atoms with Crippen LogP contribution in [0.3, 0.4) is 0 Å². The van der Waals surface area contributed by atoms with E-state index in [0.717, 1.165) is 19.4 Å². The van der Waals surface area contributed by atoms with Gasteiger partial charge in [-0.2, -0.15) is 0 Å². The summed E-state index contributed by atoms with van der Waals surface area (Å²) >= 11 is 5.91. The fraction of sp³-hybridized carbons (Fsp3) is 0.556. The molecule has 25 heavy (non-hydrogen) atoms. The number of halogens is 1. The van der Waals surface area contributed by atoms with E-state index < -0.39 is 5.97 Å². The lowest BCUT2D eigenvalue weighted by atomic mass is 9.84. The highest BCUT2D eigenvalue weighted by atomic mass is 35.5. The van der Waals surface area contributed by atoms with E-state index in [0.29, 0.717) is 29.2 Å². The van der Waals surface area contributed by atoms with Gasteiger partial charge in [-0.15, -0.1) is 0 Å². The van der Waals surface area contributed by atoms with Crippen LogP contribution >= 0.6 is 11.6 Å². The second-order valence-electron chi connectivity index (χ2n) is 6.61. The van der Waals surface area contributed by atoms with Crippen LogP contribution in [0.4, 0.5) is 5.69 Å². The molecule has 0 spiro atoms. The number of aliphatic carboxylic acids is 1. The maximum absolute atomic E-state index is 12.1. The van der Waals surface area contributed by atoms with E-state index in [-0.39, 0.29) is 18.5 Å². The lowest BCUT2D eigenvalue weighted by Crippen LogP contribution is -2.55. The second-order valence-corrected chi connectivity index (χ2v) is 7.05. The van der Waals surface area contributed by atoms with E-state index in [1.807, 2.05) is 18.7 Å². The zero-order valence-corrected chi connectivity index (χ0v) is 15.4. The third kappa shape index (κ3) is 6.30. The molecule has 6 nitrogen and oxygen atoms in total. The smallest absolute Gasteiger partial charge is 0.317 e. The van der Waals surface area contributed by atoms with E-state index in [4.69, 9.17) is 16.7 Å². The predicted molar refractivity (Wildman–Crippen MR) is 99.0 cm³/mol. The zero-order chi connectivity index (χ0) is 18.4. The number of carbonyl (C=O) groups is 2. The Morgan fingerprint density at radius 1 is 1.40 bits per heavy atom. The zero-order valence-electron chi connectivity index (χ0n) is 14.7. The van der Waals surface area contributed by atoms with Gasteiger partial charge in [0.2, 0.25) is 5.91 Å². The van der Waals surface area contributed by atoms with Crippen molar-refractivity contribution in [3.8, 4) is 0 Å². The summed E-state index contributed by atoms with van der Waals surface area (Å²) in [6.07, 6.45) is 2.21. The molecule has 1 atom stereocenters. The van der Waals surface area contributed by atoms with Crippen molar-refractivity contribution in [2.75, 3.05) is 18.4 Å². The summed E-state index contributed by atoms with van der Waals surface area (Å²) in [5.41, 5.74) is 0.695. The molecule has 1 aliphatic carbocycles. The number of rotatable bonds is 9. The molecule has 0 saturated heterocycles. The molecule has 1 amide bonds. The van der Waals surface area contributed by atoms with Gasteiger partial charge in [0.25, 0.3) is 0 Å². The molecule has 0 radical (unpaired) electrons. The molecule has 1 aliphatic rings. The minimum absolute atomic E-state index is 0.0553. The van der Waals surface area contributed by atoms with Crippen LogP contribution in [0, 0.1) is 0 Å². The number of nitrogens with one attached hydrogen (secondary N) is 2. The van der Waals surface area contributed by atoms with Gasteiger partial charge in [-0.25, -0.2) is 0 Å². The topological polar surface area (TPSA) is 81.7 Å². The van der Waals surface area contributed by atoms with Crippen LogP contribution in [0.1, 0.15) is 33.1 Å². The Hall–Kier alpha value is -1.63. The van der Waals surface area contributed by atoms with Crippen molar-refractivity contribution in [3.63, 3.8) is 0 Å². The first-order valence-electron chi connectivity index (χ1n) is 8.64. The van der Waals surface area contributed by atoms with Crippen molar-refractivity contribution in [3.05, 3.63) is 29.3 Å². The summed E-state index contributed by atoms with van der Waals surface area (Å²) in [4.78, 5) is 24.9. The van der Waals surface area contributed by atoms with Gasteiger partial charge in [0.1, 0.15) is 0 Å². The van der Waals surface area contributed by atoms with Crippen LogP contribution in [-0.2, 0) is 9.59 Å². The molecule has 138 valence electrons. The Labute approximate surface area is 153 Å². The summed E-state index contributed by atoms with van der Waals surface area (Å²) in [5.74, 6) is -0.844. The van der Waals surface area contributed by atoms with Crippen LogP contribution in [0.25, 0.3) is 0 Å². The van der Waals surface area contributed by atoms with Gasteiger partial charge >= 0.3 is 5.97 Å². The van der Waals surface area contributed by atoms with Crippen molar-refractivity contribution in [2.45, 2.75) is 51.2 Å². The number of hydrogen-bond donors (Lipinski definition) is 3. The highest BCUT2D eigenvalue weighted by Crippen LogP contribution is 2.26. The van der Waals surface area contributed by atoms with E-state index in [2.05, 4.69) is 10.6 Å². The molecule has 1 unspecified atom stereocenters. The molecule has 1 aromatic rings. The summed E-state index contributed by atoms with van der Waals surface area (Å²) in [6, 6.07) is 7.78. The van der Waals surface area contributed by atoms with Crippen molar-refractivity contribution in [1.82, 2.24) is 10.2 Å². The van der Waals surface area contributed by atoms with Gasteiger partial charge in [0, 0.05) is 35.3 Å². The van der Waals surface area contributed by atoms with Crippen molar-refractivity contribution >= 4 is 29.2 Å². The van der Waals surface area contributed by atoms with Crippen molar-refractivity contribution in [1.29, 1.82) is 0 Å². The van der Waals surface area contributed by atoms with Crippen LogP contribution in [0.2, 0.25) is 5.02 Å². The molecule has 3 N–H and O–H groups in total. The summed E-state index contributed by atoms with van der Waals surface area (Å²) in [6.45, 7) is 4.79. The third-order valence-electron chi connectivity index (χ3n) is 4.49. The number of carboxylic acid groups (broad SMARTS) is 1. The maximum atomic E-state index is 12.1. The van der Waals surface area contributed by atoms with E-state index in [1.54, 1.807) is 24.3 Å². The standard InChI is InChI=1S/C18H26ClN3O3/c1-3-22(11-18(24)25)16-9-15(10-16)20-12(2)7-17(23)21-14-6-4-5-13(19)8-14/h4-6,8,12,15-16,20H,3,7,9-11H2,1-2H3,(H,21,23)(H,24,25). The number of hydrogen-bond acceptors (Lipinski definition) is 4. The molecule has 0 heterocycles. The largest absolute Gasteiger partial charge is 0.480 e. The molecule has 1 aromatic carbocycles. The highest BCUT2D eigenvalue weighted by Gasteiger charge is 2.34. The van der Waals surface area contributed by atoms with E-state index in [1.165, 1.54) is 0 Å². The van der Waals surface area contributed by atoms with Gasteiger partial charge in [-0.05, 0) is 44.5 Å². The molecule has 1 fully saturated rings. The number of carboxylic acids is 1. The van der Waals surface area contributed by atoms with Crippen molar-refractivity contribution < 1.29 is 14.7 Å². The minimum Gasteiger partial charge on any atom is -0.480 e. The number of nitrogens with zero attached hydrogens (tertiary/aromatic N) is 1. The van der Waals surface area contributed by atoms with Crippen LogP contribution < -0.4 is 10.6 Å². The van der Waals surface area contributed by atoms with E-state index >= 15 is 0 Å². The first-order valence-corrected chi connectivity index (χ1v) is 9.02. The second kappa shape index (κ2) is 9.17. The number of likely N-dealkylation sites (N-methyl/N-ethyl adjacent to an activating group) is 1. The summed E-state index contributed by atoms with van der Waals surface area (Å²) in [7, 11) is 0. The van der Waals surface area contributed by atoms with Gasteiger partial charge in [-0.1, -0.05) is 24.6 Å². The average Bonchev–Trinajstić information content (AvgIpc) is 2.48. The lowest BCUT2D eigenvalue weighted by Gasteiger charge is -2.43. The Morgan fingerprint density at radius 3 is 2.72 bits per heavy atom. The first-order chi connectivity index (χ1) is 11.9. The third-order valence-corrected chi connectivity index (χ3v) is 4.73. The first kappa shape index (κ1) is 19.7. The molecule has 2 rings (SSSR count). The fourth-order valence-electron chi connectivity index (χ4n) is 3.21. The normalized spacial score (nSPS) is 20.8. The monoisotopic (exact) mass is 367 g/mol. The molecule has 0 aliphatic heterocycles. The van der Waals surface area contributed by atoms with Crippen LogP contribution in [0.5, 0.6) is 0 Å². The van der Waals surface area contributed by atoms with Gasteiger partial charge < -0.3 is 15.7 Å². The quantitative estimate of drug-likeness (QED) is 0.625. The van der Waals surface area contributed by atoms with Gasteiger partial charge in [0.05, 0.1) is 6.54 Å². The SMILES string of the molecule is CCN(CC(=O)O)C1CC(NC(C)CC(=O)Nc2cccc(Cl)c2)C1. The molecule has 7 heteroatoms. The number of carbonyl (C=O) groups excluding carboxylic acids is 1. The summed E-state index contributed by atoms with van der Waals surface area (Å²) in [5, 5.41) is 15.8. The van der Waals surface area contributed by atoms with Gasteiger partial charge in [0.15, 0.2) is 0 Å². The number of benzene rings is 1.